The lowest BCUT2D eigenvalue weighted by Gasteiger charge is -2.32. The van der Waals surface area contributed by atoms with Crippen LogP contribution in [0.1, 0.15) is 30.5 Å². The molecule has 0 spiro atoms. The van der Waals surface area contributed by atoms with Gasteiger partial charge in [0.15, 0.2) is 0 Å². The Labute approximate surface area is 210 Å². The number of nitrogens with zero attached hydrogens (tertiary/aromatic N) is 1. The highest BCUT2D eigenvalue weighted by atomic mass is 79.9. The maximum absolute atomic E-state index is 13.7. The van der Waals surface area contributed by atoms with Crippen LogP contribution in [0.2, 0.25) is 0 Å². The number of nitrogens with one attached hydrogen (secondary N) is 1. The van der Waals surface area contributed by atoms with E-state index >= 15 is 0 Å². The zero-order valence-electron chi connectivity index (χ0n) is 19.8. The van der Waals surface area contributed by atoms with Crippen molar-refractivity contribution in [2.24, 2.45) is 0 Å². The molecule has 0 radical (unpaired) electrons. The van der Waals surface area contributed by atoms with E-state index in [-0.39, 0.29) is 24.3 Å². The molecule has 0 aliphatic rings. The molecular weight excluding hydrogens is 492 g/mol. The molecule has 178 valence electrons. The molecule has 0 fully saturated rings. The molecule has 0 aliphatic carbocycles. The van der Waals surface area contributed by atoms with Gasteiger partial charge in [-0.25, -0.2) is 0 Å². The third-order valence-corrected chi connectivity index (χ3v) is 5.95. The van der Waals surface area contributed by atoms with Gasteiger partial charge in [-0.3, -0.25) is 9.59 Å². The fourth-order valence-corrected chi connectivity index (χ4v) is 4.23. The lowest BCUT2D eigenvalue weighted by molar-refractivity contribution is -0.141. The topological polar surface area (TPSA) is 58.6 Å². The number of ether oxygens (including phenoxy) is 1. The quantitative estimate of drug-likeness (QED) is 0.399. The number of benzene rings is 3. The number of rotatable bonds is 10. The summed E-state index contributed by atoms with van der Waals surface area (Å²) in [6.07, 6.45) is 0.625. The Morgan fingerprint density at radius 2 is 1.59 bits per heavy atom. The van der Waals surface area contributed by atoms with Gasteiger partial charge in [0, 0.05) is 23.5 Å². The smallest absolute Gasteiger partial charge is 0.243 e. The highest BCUT2D eigenvalue weighted by Gasteiger charge is 2.30. The van der Waals surface area contributed by atoms with Gasteiger partial charge in [-0.15, -0.1) is 0 Å². The summed E-state index contributed by atoms with van der Waals surface area (Å²) in [6, 6.07) is 24.4. The summed E-state index contributed by atoms with van der Waals surface area (Å²) in [7, 11) is 1.61. The maximum atomic E-state index is 13.7. The summed E-state index contributed by atoms with van der Waals surface area (Å²) in [6.45, 7) is 4.18. The van der Waals surface area contributed by atoms with Crippen molar-refractivity contribution >= 4 is 27.7 Å². The van der Waals surface area contributed by atoms with Crippen LogP contribution in [0, 0.1) is 0 Å². The number of amides is 2. The summed E-state index contributed by atoms with van der Waals surface area (Å²) in [4.78, 5) is 28.8. The Morgan fingerprint density at radius 3 is 2.21 bits per heavy atom. The molecular formula is C28H31BrN2O3. The van der Waals surface area contributed by atoms with Crippen molar-refractivity contribution in [3.8, 4) is 5.75 Å². The van der Waals surface area contributed by atoms with Crippen LogP contribution in [0.3, 0.4) is 0 Å². The number of halogens is 1. The Hall–Kier alpha value is -3.12. The molecule has 3 aromatic rings. The molecule has 2 amide bonds. The van der Waals surface area contributed by atoms with Gasteiger partial charge in [0.05, 0.1) is 13.5 Å². The molecule has 3 rings (SSSR count). The molecule has 0 aliphatic heterocycles. The van der Waals surface area contributed by atoms with Crippen LogP contribution in [-0.4, -0.2) is 35.9 Å². The van der Waals surface area contributed by atoms with Crippen LogP contribution in [-0.2, 0) is 29.0 Å². The van der Waals surface area contributed by atoms with E-state index in [0.717, 1.165) is 26.9 Å². The minimum Gasteiger partial charge on any atom is -0.497 e. The Bertz CT molecular complexity index is 1080. The van der Waals surface area contributed by atoms with Gasteiger partial charge in [-0.2, -0.15) is 0 Å². The lowest BCUT2D eigenvalue weighted by atomic mass is 10.0. The molecule has 34 heavy (non-hydrogen) atoms. The van der Waals surface area contributed by atoms with E-state index in [4.69, 9.17) is 4.74 Å². The zero-order valence-corrected chi connectivity index (χ0v) is 21.4. The molecule has 5 nitrogen and oxygen atoms in total. The second-order valence-electron chi connectivity index (χ2n) is 8.55. The second-order valence-corrected chi connectivity index (χ2v) is 9.46. The third kappa shape index (κ3) is 7.45. The average molecular weight is 523 g/mol. The Morgan fingerprint density at radius 1 is 0.912 bits per heavy atom. The van der Waals surface area contributed by atoms with Crippen LogP contribution in [0.15, 0.2) is 83.3 Å². The largest absolute Gasteiger partial charge is 0.497 e. The van der Waals surface area contributed by atoms with E-state index in [9.17, 15) is 9.59 Å². The first-order valence-electron chi connectivity index (χ1n) is 11.4. The van der Waals surface area contributed by atoms with Crippen molar-refractivity contribution in [2.45, 2.75) is 45.3 Å². The van der Waals surface area contributed by atoms with E-state index in [1.807, 2.05) is 92.7 Å². The van der Waals surface area contributed by atoms with E-state index in [1.54, 1.807) is 12.0 Å². The Kier molecular flexibility index (Phi) is 9.28. The first-order valence-corrected chi connectivity index (χ1v) is 12.2. The van der Waals surface area contributed by atoms with Gasteiger partial charge in [0.25, 0.3) is 0 Å². The number of carbonyl (C=O) groups is 2. The predicted molar refractivity (Wildman–Crippen MR) is 139 cm³/mol. The minimum absolute atomic E-state index is 0.0322. The van der Waals surface area contributed by atoms with Crippen LogP contribution in [0.4, 0.5) is 0 Å². The van der Waals surface area contributed by atoms with E-state index in [0.29, 0.717) is 13.0 Å². The normalized spacial score (nSPS) is 11.7. The molecule has 0 saturated carbocycles. The van der Waals surface area contributed by atoms with Crippen molar-refractivity contribution in [3.05, 3.63) is 100 Å². The molecule has 1 N–H and O–H groups in total. The monoisotopic (exact) mass is 522 g/mol. The van der Waals surface area contributed by atoms with Crippen molar-refractivity contribution in [3.63, 3.8) is 0 Å². The van der Waals surface area contributed by atoms with Crippen molar-refractivity contribution < 1.29 is 14.3 Å². The standard InChI is InChI=1S/C28H31BrN2O3/c1-20(2)30-28(33)26(17-21-8-5-4-6-9-21)31(19-23-10-7-11-24(29)16-23)27(32)18-22-12-14-25(34-3)15-13-22/h4-16,20,26H,17-19H2,1-3H3,(H,30,33)/t26-/m0/s1. The van der Waals surface area contributed by atoms with Crippen molar-refractivity contribution in [2.75, 3.05) is 7.11 Å². The summed E-state index contributed by atoms with van der Waals surface area (Å²) >= 11 is 3.51. The highest BCUT2D eigenvalue weighted by molar-refractivity contribution is 9.10. The van der Waals surface area contributed by atoms with Crippen LogP contribution in [0.5, 0.6) is 5.75 Å². The summed E-state index contributed by atoms with van der Waals surface area (Å²) < 4.78 is 6.16. The average Bonchev–Trinajstić information content (AvgIpc) is 2.82. The minimum atomic E-state index is -0.644. The van der Waals surface area contributed by atoms with Crippen LogP contribution < -0.4 is 10.1 Å². The first-order chi connectivity index (χ1) is 16.4. The van der Waals surface area contributed by atoms with Gasteiger partial charge < -0.3 is 15.0 Å². The molecule has 0 aromatic heterocycles. The van der Waals surface area contributed by atoms with Gasteiger partial charge in [0.1, 0.15) is 11.8 Å². The predicted octanol–water partition coefficient (Wildman–Crippen LogP) is 5.16. The van der Waals surface area contributed by atoms with Crippen molar-refractivity contribution in [1.82, 2.24) is 10.2 Å². The van der Waals surface area contributed by atoms with E-state index < -0.39 is 6.04 Å². The lowest BCUT2D eigenvalue weighted by Crippen LogP contribution is -2.52. The molecule has 0 heterocycles. The van der Waals surface area contributed by atoms with Gasteiger partial charge >= 0.3 is 0 Å². The molecule has 0 saturated heterocycles. The zero-order chi connectivity index (χ0) is 24.5. The van der Waals surface area contributed by atoms with Crippen LogP contribution >= 0.6 is 15.9 Å². The molecule has 0 bridgehead atoms. The SMILES string of the molecule is COc1ccc(CC(=O)N(Cc2cccc(Br)c2)[C@@H](Cc2ccccc2)C(=O)NC(C)C)cc1. The second kappa shape index (κ2) is 12.4. The third-order valence-electron chi connectivity index (χ3n) is 5.46. The summed E-state index contributed by atoms with van der Waals surface area (Å²) in [5, 5.41) is 3.02. The summed E-state index contributed by atoms with van der Waals surface area (Å²) in [5.41, 5.74) is 2.82. The number of hydrogen-bond donors (Lipinski definition) is 1. The van der Waals surface area contributed by atoms with E-state index in [1.165, 1.54) is 0 Å². The van der Waals surface area contributed by atoms with Gasteiger partial charge in [-0.05, 0) is 54.8 Å². The number of hydrogen-bond acceptors (Lipinski definition) is 3. The summed E-state index contributed by atoms with van der Waals surface area (Å²) in [5.74, 6) is 0.474. The van der Waals surface area contributed by atoms with Gasteiger partial charge in [-0.1, -0.05) is 70.5 Å². The first kappa shape index (κ1) is 25.5. The Balaban J connectivity index is 1.95. The molecule has 0 unspecified atom stereocenters. The van der Waals surface area contributed by atoms with Gasteiger partial charge in [0.2, 0.25) is 11.8 Å². The maximum Gasteiger partial charge on any atom is 0.243 e. The molecule has 3 aromatic carbocycles. The van der Waals surface area contributed by atoms with E-state index in [2.05, 4.69) is 21.2 Å². The fourth-order valence-electron chi connectivity index (χ4n) is 3.79. The highest BCUT2D eigenvalue weighted by Crippen LogP contribution is 2.20. The van der Waals surface area contributed by atoms with Crippen LogP contribution in [0.25, 0.3) is 0 Å². The molecule has 1 atom stereocenters. The van der Waals surface area contributed by atoms with Crippen molar-refractivity contribution in [1.29, 1.82) is 0 Å². The fraction of sp³-hybridized carbons (Fsp3) is 0.286. The number of methoxy groups -OCH3 is 1. The number of carbonyl (C=O) groups excluding carboxylic acids is 2. The molecule has 6 heteroatoms.